The number of nitrogens with zero attached hydrogens (tertiary/aromatic N) is 1. The second-order valence-corrected chi connectivity index (χ2v) is 5.84. The van der Waals surface area contributed by atoms with Crippen LogP contribution < -0.4 is 5.32 Å². The van der Waals surface area contributed by atoms with E-state index in [0.29, 0.717) is 10.0 Å². The maximum absolute atomic E-state index is 13.6. The summed E-state index contributed by atoms with van der Waals surface area (Å²) in [6.45, 7) is 0.191. The molecule has 0 unspecified atom stereocenters. The molecule has 0 bridgehead atoms. The molecule has 0 saturated carbocycles. The van der Waals surface area contributed by atoms with E-state index in [1.807, 2.05) is 0 Å². The number of halogens is 4. The van der Waals surface area contributed by atoms with Crippen molar-refractivity contribution in [3.8, 4) is 0 Å². The third kappa shape index (κ3) is 3.76. The monoisotopic (exact) mass is 420 g/mol. The van der Waals surface area contributed by atoms with Crippen LogP contribution in [-0.4, -0.2) is 4.92 Å². The van der Waals surface area contributed by atoms with E-state index in [1.165, 1.54) is 12.1 Å². The van der Waals surface area contributed by atoms with E-state index < -0.39 is 16.6 Å². The molecule has 0 heterocycles. The summed E-state index contributed by atoms with van der Waals surface area (Å²) in [7, 11) is 0. The fraction of sp³-hybridized carbons (Fsp3) is 0.0769. The van der Waals surface area contributed by atoms with Crippen LogP contribution >= 0.6 is 31.9 Å². The van der Waals surface area contributed by atoms with E-state index in [1.54, 1.807) is 6.07 Å². The molecule has 8 heteroatoms. The summed E-state index contributed by atoms with van der Waals surface area (Å²) in [5.41, 5.74) is 0.649. The van der Waals surface area contributed by atoms with E-state index in [2.05, 4.69) is 37.2 Å². The molecule has 2 aromatic rings. The Morgan fingerprint density at radius 3 is 2.43 bits per heavy atom. The Hall–Kier alpha value is -1.54. The number of non-ortho nitro benzene ring substituents is 1. The van der Waals surface area contributed by atoms with Crippen LogP contribution in [0.4, 0.5) is 20.2 Å². The molecular formula is C13H8Br2F2N2O2. The Balaban J connectivity index is 2.17. The Morgan fingerprint density at radius 1 is 1.10 bits per heavy atom. The highest BCUT2D eigenvalue weighted by Gasteiger charge is 2.11. The normalized spacial score (nSPS) is 10.5. The third-order valence-electron chi connectivity index (χ3n) is 2.73. The average Bonchev–Trinajstić information content (AvgIpc) is 2.42. The van der Waals surface area contributed by atoms with Gasteiger partial charge in [0.15, 0.2) is 0 Å². The zero-order valence-corrected chi connectivity index (χ0v) is 13.5. The minimum absolute atomic E-state index is 0.0148. The predicted octanol–water partition coefficient (Wildman–Crippen LogP) is 5.01. The standard InChI is InChI=1S/C13H8Br2F2N2O2/c14-9-3-8(19(20)21)2-1-7(9)6-18-13-5-11(16)10(15)4-12(13)17/h1-5,18H,6H2. The molecule has 0 saturated heterocycles. The molecule has 0 amide bonds. The largest absolute Gasteiger partial charge is 0.378 e. The van der Waals surface area contributed by atoms with Gasteiger partial charge in [0.2, 0.25) is 0 Å². The number of benzene rings is 2. The van der Waals surface area contributed by atoms with Crippen molar-refractivity contribution >= 4 is 43.2 Å². The molecule has 0 aromatic heterocycles. The molecule has 0 aliphatic carbocycles. The summed E-state index contributed by atoms with van der Waals surface area (Å²) in [4.78, 5) is 10.1. The van der Waals surface area contributed by atoms with Gasteiger partial charge in [0, 0.05) is 29.2 Å². The van der Waals surface area contributed by atoms with Crippen molar-refractivity contribution in [3.63, 3.8) is 0 Å². The molecule has 110 valence electrons. The average molecular weight is 422 g/mol. The lowest BCUT2D eigenvalue weighted by molar-refractivity contribution is -0.384. The Kier molecular flexibility index (Phi) is 4.89. The number of anilines is 1. The first-order valence-electron chi connectivity index (χ1n) is 5.69. The molecule has 0 radical (unpaired) electrons. The second kappa shape index (κ2) is 6.48. The minimum atomic E-state index is -0.596. The van der Waals surface area contributed by atoms with Crippen molar-refractivity contribution in [1.29, 1.82) is 0 Å². The van der Waals surface area contributed by atoms with Crippen LogP contribution in [0.1, 0.15) is 5.56 Å². The lowest BCUT2D eigenvalue weighted by atomic mass is 10.2. The Bertz CT molecular complexity index is 711. The van der Waals surface area contributed by atoms with Gasteiger partial charge in [0.25, 0.3) is 5.69 Å². The molecule has 0 atom stereocenters. The van der Waals surface area contributed by atoms with Gasteiger partial charge < -0.3 is 5.32 Å². The Labute approximate surface area is 135 Å². The van der Waals surface area contributed by atoms with Gasteiger partial charge in [-0.1, -0.05) is 15.9 Å². The van der Waals surface area contributed by atoms with Gasteiger partial charge in [-0.15, -0.1) is 0 Å². The first-order valence-corrected chi connectivity index (χ1v) is 7.28. The highest BCUT2D eigenvalue weighted by molar-refractivity contribution is 9.10. The van der Waals surface area contributed by atoms with Gasteiger partial charge in [0.1, 0.15) is 11.6 Å². The molecule has 0 aliphatic rings. The van der Waals surface area contributed by atoms with Gasteiger partial charge in [-0.05, 0) is 33.6 Å². The van der Waals surface area contributed by atoms with Crippen molar-refractivity contribution in [2.24, 2.45) is 0 Å². The van der Waals surface area contributed by atoms with Crippen LogP contribution in [0, 0.1) is 21.7 Å². The number of hydrogen-bond acceptors (Lipinski definition) is 3. The second-order valence-electron chi connectivity index (χ2n) is 4.13. The van der Waals surface area contributed by atoms with Crippen molar-refractivity contribution in [2.45, 2.75) is 6.54 Å². The van der Waals surface area contributed by atoms with Crippen molar-refractivity contribution < 1.29 is 13.7 Å². The Morgan fingerprint density at radius 2 is 1.81 bits per heavy atom. The van der Waals surface area contributed by atoms with Crippen LogP contribution in [0.3, 0.4) is 0 Å². The number of hydrogen-bond donors (Lipinski definition) is 1. The van der Waals surface area contributed by atoms with Crippen molar-refractivity contribution in [3.05, 3.63) is 66.6 Å². The summed E-state index contributed by atoms with van der Waals surface area (Å²) >= 11 is 6.11. The number of nitro groups is 1. The van der Waals surface area contributed by atoms with Gasteiger partial charge in [-0.3, -0.25) is 10.1 Å². The van der Waals surface area contributed by atoms with Crippen LogP contribution in [0.15, 0.2) is 39.3 Å². The molecular weight excluding hydrogens is 414 g/mol. The maximum atomic E-state index is 13.6. The zero-order valence-electron chi connectivity index (χ0n) is 10.4. The number of nitro benzene ring substituents is 1. The van der Waals surface area contributed by atoms with Gasteiger partial charge in [-0.2, -0.15) is 0 Å². The topological polar surface area (TPSA) is 55.2 Å². The molecule has 0 aliphatic heterocycles. The minimum Gasteiger partial charge on any atom is -0.378 e. The molecule has 21 heavy (non-hydrogen) atoms. The number of rotatable bonds is 4. The van der Waals surface area contributed by atoms with E-state index in [-0.39, 0.29) is 22.4 Å². The summed E-state index contributed by atoms with van der Waals surface area (Å²) < 4.78 is 27.6. The maximum Gasteiger partial charge on any atom is 0.270 e. The van der Waals surface area contributed by atoms with Crippen molar-refractivity contribution in [1.82, 2.24) is 0 Å². The van der Waals surface area contributed by atoms with Gasteiger partial charge in [-0.25, -0.2) is 8.78 Å². The van der Waals surface area contributed by atoms with E-state index in [4.69, 9.17) is 0 Å². The molecule has 0 spiro atoms. The molecule has 4 nitrogen and oxygen atoms in total. The van der Waals surface area contributed by atoms with Crippen LogP contribution in [-0.2, 0) is 6.54 Å². The first kappa shape index (κ1) is 15.8. The third-order valence-corrected chi connectivity index (χ3v) is 4.07. The first-order chi connectivity index (χ1) is 9.88. The van der Waals surface area contributed by atoms with Crippen molar-refractivity contribution in [2.75, 3.05) is 5.32 Å². The number of nitrogens with one attached hydrogen (secondary N) is 1. The molecule has 1 N–H and O–H groups in total. The highest BCUT2D eigenvalue weighted by Crippen LogP contribution is 2.26. The summed E-state index contributed by atoms with van der Waals surface area (Å²) in [5, 5.41) is 13.4. The lowest BCUT2D eigenvalue weighted by Gasteiger charge is -2.10. The van der Waals surface area contributed by atoms with Gasteiger partial charge in [0.05, 0.1) is 15.1 Å². The smallest absolute Gasteiger partial charge is 0.270 e. The molecule has 2 rings (SSSR count). The lowest BCUT2D eigenvalue weighted by Crippen LogP contribution is -2.03. The van der Waals surface area contributed by atoms with E-state index in [0.717, 1.165) is 12.1 Å². The zero-order chi connectivity index (χ0) is 15.6. The van der Waals surface area contributed by atoms with Crippen LogP contribution in [0.25, 0.3) is 0 Å². The summed E-state index contributed by atoms with van der Waals surface area (Å²) in [6.07, 6.45) is 0. The summed E-state index contributed by atoms with van der Waals surface area (Å²) in [6, 6.07) is 6.32. The molecule has 2 aromatic carbocycles. The van der Waals surface area contributed by atoms with Crippen LogP contribution in [0.5, 0.6) is 0 Å². The van der Waals surface area contributed by atoms with E-state index in [9.17, 15) is 18.9 Å². The van der Waals surface area contributed by atoms with E-state index >= 15 is 0 Å². The van der Waals surface area contributed by atoms with Crippen LogP contribution in [0.2, 0.25) is 0 Å². The SMILES string of the molecule is O=[N+]([O-])c1ccc(CNc2cc(F)c(Br)cc2F)c(Br)c1. The van der Waals surface area contributed by atoms with Gasteiger partial charge >= 0.3 is 0 Å². The fourth-order valence-electron chi connectivity index (χ4n) is 1.64. The molecule has 0 fully saturated rings. The fourth-order valence-corrected chi connectivity index (χ4v) is 2.46. The highest BCUT2D eigenvalue weighted by atomic mass is 79.9. The predicted molar refractivity (Wildman–Crippen MR) is 82.2 cm³/mol. The quantitative estimate of drug-likeness (QED) is 0.429. The summed E-state index contributed by atoms with van der Waals surface area (Å²) in [5.74, 6) is -1.18.